The van der Waals surface area contributed by atoms with Crippen LogP contribution >= 0.6 is 11.3 Å². The maximum absolute atomic E-state index is 9.10. The molecule has 2 aromatic heterocycles. The molecule has 3 aromatic rings. The highest BCUT2D eigenvalue weighted by molar-refractivity contribution is 7.17. The van der Waals surface area contributed by atoms with Crippen LogP contribution in [0.5, 0.6) is 0 Å². The van der Waals surface area contributed by atoms with E-state index < -0.39 is 0 Å². The standard InChI is InChI=1S/C14H8N2S/c15-7-10-8-16-6-5-11(10)13-9-17-14-4-2-1-3-12(13)14/h1-6,8-9H. The number of fused-ring (bicyclic) bond motifs is 1. The number of aromatic nitrogens is 1. The summed E-state index contributed by atoms with van der Waals surface area (Å²) in [5.74, 6) is 0. The number of hydrogen-bond donors (Lipinski definition) is 0. The van der Waals surface area contributed by atoms with Gasteiger partial charge in [0.2, 0.25) is 0 Å². The third-order valence-corrected chi connectivity index (χ3v) is 3.68. The summed E-state index contributed by atoms with van der Waals surface area (Å²) in [7, 11) is 0. The lowest BCUT2D eigenvalue weighted by atomic mass is 10.0. The Bertz CT molecular complexity index is 722. The molecule has 3 heteroatoms. The van der Waals surface area contributed by atoms with E-state index in [0.29, 0.717) is 5.56 Å². The Balaban J connectivity index is 2.32. The van der Waals surface area contributed by atoms with Gasteiger partial charge in [-0.15, -0.1) is 11.3 Å². The summed E-state index contributed by atoms with van der Waals surface area (Å²) >= 11 is 1.70. The third-order valence-electron chi connectivity index (χ3n) is 2.71. The van der Waals surface area contributed by atoms with Crippen LogP contribution < -0.4 is 0 Å². The van der Waals surface area contributed by atoms with Crippen molar-refractivity contribution < 1.29 is 0 Å². The number of rotatable bonds is 1. The highest BCUT2D eigenvalue weighted by Crippen LogP contribution is 2.34. The summed E-state index contributed by atoms with van der Waals surface area (Å²) in [6.07, 6.45) is 3.34. The van der Waals surface area contributed by atoms with E-state index in [1.807, 2.05) is 18.2 Å². The molecule has 0 amide bonds. The lowest BCUT2D eigenvalue weighted by Crippen LogP contribution is -1.84. The van der Waals surface area contributed by atoms with E-state index in [1.54, 1.807) is 23.7 Å². The second kappa shape index (κ2) is 4.00. The Morgan fingerprint density at radius 2 is 2.00 bits per heavy atom. The molecule has 0 fully saturated rings. The minimum Gasteiger partial charge on any atom is -0.263 e. The number of pyridine rings is 1. The first-order chi connectivity index (χ1) is 8.40. The molecule has 2 nitrogen and oxygen atoms in total. The van der Waals surface area contributed by atoms with E-state index in [1.165, 1.54) is 10.1 Å². The summed E-state index contributed by atoms with van der Waals surface area (Å²) in [5.41, 5.74) is 2.69. The zero-order valence-corrected chi connectivity index (χ0v) is 9.74. The molecular weight excluding hydrogens is 228 g/mol. The largest absolute Gasteiger partial charge is 0.263 e. The van der Waals surface area contributed by atoms with Crippen LogP contribution in [0.1, 0.15) is 5.56 Å². The topological polar surface area (TPSA) is 36.7 Å². The normalized spacial score (nSPS) is 10.3. The van der Waals surface area contributed by atoms with Crippen molar-refractivity contribution in [3.8, 4) is 17.2 Å². The molecule has 17 heavy (non-hydrogen) atoms. The van der Waals surface area contributed by atoms with Crippen molar-refractivity contribution in [1.29, 1.82) is 5.26 Å². The molecule has 0 aliphatic carbocycles. The number of nitrogens with zero attached hydrogens (tertiary/aromatic N) is 2. The molecule has 0 unspecified atom stereocenters. The second-order valence-electron chi connectivity index (χ2n) is 3.68. The van der Waals surface area contributed by atoms with Gasteiger partial charge in [-0.25, -0.2) is 0 Å². The van der Waals surface area contributed by atoms with Crippen LogP contribution in [0.25, 0.3) is 21.2 Å². The van der Waals surface area contributed by atoms with Gasteiger partial charge in [-0.05, 0) is 17.5 Å². The van der Waals surface area contributed by atoms with Crippen molar-refractivity contribution in [2.45, 2.75) is 0 Å². The van der Waals surface area contributed by atoms with Gasteiger partial charge in [0.1, 0.15) is 6.07 Å². The van der Waals surface area contributed by atoms with Crippen molar-refractivity contribution in [2.75, 3.05) is 0 Å². The van der Waals surface area contributed by atoms with Gasteiger partial charge in [0.15, 0.2) is 0 Å². The Morgan fingerprint density at radius 1 is 1.12 bits per heavy atom. The highest BCUT2D eigenvalue weighted by Gasteiger charge is 2.09. The van der Waals surface area contributed by atoms with Crippen LogP contribution in [0, 0.1) is 11.3 Å². The molecular formula is C14H8N2S. The van der Waals surface area contributed by atoms with Crippen molar-refractivity contribution >= 4 is 21.4 Å². The molecule has 0 aliphatic rings. The van der Waals surface area contributed by atoms with Crippen LogP contribution in [-0.4, -0.2) is 4.98 Å². The van der Waals surface area contributed by atoms with Gasteiger partial charge in [0, 0.05) is 33.6 Å². The van der Waals surface area contributed by atoms with Gasteiger partial charge in [-0.2, -0.15) is 5.26 Å². The summed E-state index contributed by atoms with van der Waals surface area (Å²) in [6.45, 7) is 0. The monoisotopic (exact) mass is 236 g/mol. The van der Waals surface area contributed by atoms with Gasteiger partial charge in [-0.3, -0.25) is 4.98 Å². The first-order valence-corrected chi connectivity index (χ1v) is 6.09. The first kappa shape index (κ1) is 10.0. The summed E-state index contributed by atoms with van der Waals surface area (Å²) in [5, 5.41) is 12.4. The fourth-order valence-electron chi connectivity index (χ4n) is 1.90. The Kier molecular flexibility index (Phi) is 2.36. The third kappa shape index (κ3) is 1.59. The fourth-order valence-corrected chi connectivity index (χ4v) is 2.87. The molecule has 0 bridgehead atoms. The van der Waals surface area contributed by atoms with Crippen LogP contribution in [0.2, 0.25) is 0 Å². The molecule has 80 valence electrons. The van der Waals surface area contributed by atoms with E-state index >= 15 is 0 Å². The number of benzene rings is 1. The van der Waals surface area contributed by atoms with Gasteiger partial charge in [0.05, 0.1) is 5.56 Å². The SMILES string of the molecule is N#Cc1cnccc1-c1csc2ccccc12. The molecule has 3 rings (SSSR count). The van der Waals surface area contributed by atoms with E-state index in [0.717, 1.165) is 11.1 Å². The van der Waals surface area contributed by atoms with Crippen LogP contribution in [-0.2, 0) is 0 Å². The molecule has 0 N–H and O–H groups in total. The predicted molar refractivity (Wildman–Crippen MR) is 69.8 cm³/mol. The van der Waals surface area contributed by atoms with E-state index in [4.69, 9.17) is 5.26 Å². The molecule has 0 radical (unpaired) electrons. The van der Waals surface area contributed by atoms with E-state index in [2.05, 4.69) is 28.6 Å². The molecule has 0 aliphatic heterocycles. The van der Waals surface area contributed by atoms with Crippen molar-refractivity contribution in [1.82, 2.24) is 4.98 Å². The number of hydrogen-bond acceptors (Lipinski definition) is 3. The molecule has 0 spiro atoms. The molecule has 1 aromatic carbocycles. The summed E-state index contributed by atoms with van der Waals surface area (Å²) in [6, 6.07) is 12.3. The molecule has 0 atom stereocenters. The summed E-state index contributed by atoms with van der Waals surface area (Å²) < 4.78 is 1.24. The lowest BCUT2D eigenvalue weighted by Gasteiger charge is -2.01. The first-order valence-electron chi connectivity index (χ1n) is 5.21. The smallest absolute Gasteiger partial charge is 0.101 e. The van der Waals surface area contributed by atoms with E-state index in [-0.39, 0.29) is 0 Å². The molecule has 0 saturated heterocycles. The molecule has 2 heterocycles. The predicted octanol–water partition coefficient (Wildman–Crippen LogP) is 3.83. The minimum absolute atomic E-state index is 0.621. The molecule has 0 saturated carbocycles. The van der Waals surface area contributed by atoms with Gasteiger partial charge >= 0.3 is 0 Å². The van der Waals surface area contributed by atoms with Crippen molar-refractivity contribution in [2.24, 2.45) is 0 Å². The maximum atomic E-state index is 9.10. The fraction of sp³-hybridized carbons (Fsp3) is 0. The zero-order chi connectivity index (χ0) is 11.7. The average Bonchev–Trinajstić information content (AvgIpc) is 2.82. The van der Waals surface area contributed by atoms with Gasteiger partial charge in [-0.1, -0.05) is 18.2 Å². The van der Waals surface area contributed by atoms with Gasteiger partial charge in [0.25, 0.3) is 0 Å². The lowest BCUT2D eigenvalue weighted by molar-refractivity contribution is 1.30. The summed E-state index contributed by atoms with van der Waals surface area (Å²) in [4.78, 5) is 3.99. The number of thiophene rings is 1. The van der Waals surface area contributed by atoms with Crippen LogP contribution in [0.4, 0.5) is 0 Å². The Labute approximate surface area is 103 Å². The van der Waals surface area contributed by atoms with Gasteiger partial charge < -0.3 is 0 Å². The quantitative estimate of drug-likeness (QED) is 0.643. The highest BCUT2D eigenvalue weighted by atomic mass is 32.1. The second-order valence-corrected chi connectivity index (χ2v) is 4.59. The number of nitriles is 1. The van der Waals surface area contributed by atoms with Crippen molar-refractivity contribution in [3.05, 3.63) is 53.7 Å². The van der Waals surface area contributed by atoms with E-state index in [9.17, 15) is 0 Å². The Morgan fingerprint density at radius 3 is 2.88 bits per heavy atom. The van der Waals surface area contributed by atoms with Crippen LogP contribution in [0.3, 0.4) is 0 Å². The zero-order valence-electron chi connectivity index (χ0n) is 8.92. The Hall–Kier alpha value is -2.18. The van der Waals surface area contributed by atoms with Crippen molar-refractivity contribution in [3.63, 3.8) is 0 Å². The average molecular weight is 236 g/mol. The van der Waals surface area contributed by atoms with Crippen LogP contribution in [0.15, 0.2) is 48.1 Å². The maximum Gasteiger partial charge on any atom is 0.101 e. The minimum atomic E-state index is 0.621.